The monoisotopic (exact) mass is 398 g/mol. The molecule has 1 amide bonds. The van der Waals surface area contributed by atoms with Crippen molar-refractivity contribution in [3.05, 3.63) is 72.3 Å². The molecule has 2 aromatic carbocycles. The van der Waals surface area contributed by atoms with E-state index in [-0.39, 0.29) is 17.8 Å². The number of aromatic nitrogens is 3. The van der Waals surface area contributed by atoms with Crippen LogP contribution in [0.25, 0.3) is 0 Å². The lowest BCUT2D eigenvalue weighted by Crippen LogP contribution is -2.51. The Hall–Kier alpha value is -2.87. The van der Waals surface area contributed by atoms with Crippen molar-refractivity contribution in [1.29, 1.82) is 0 Å². The SMILES string of the molecule is O=C(CSc1ccc(F)cc1)N1CC(n2cc(COc3ccccc3)nn2)C1. The topological polar surface area (TPSA) is 60.2 Å². The minimum absolute atomic E-state index is 0.0679. The summed E-state index contributed by atoms with van der Waals surface area (Å²) >= 11 is 1.41. The van der Waals surface area contributed by atoms with Crippen LogP contribution in [0.2, 0.25) is 0 Å². The maximum Gasteiger partial charge on any atom is 0.233 e. The van der Waals surface area contributed by atoms with Crippen molar-refractivity contribution in [2.75, 3.05) is 18.8 Å². The van der Waals surface area contributed by atoms with Crippen LogP contribution in [0.3, 0.4) is 0 Å². The van der Waals surface area contributed by atoms with E-state index in [0.29, 0.717) is 25.4 Å². The van der Waals surface area contributed by atoms with Gasteiger partial charge in [-0.1, -0.05) is 23.4 Å². The lowest BCUT2D eigenvalue weighted by molar-refractivity contribution is -0.134. The smallest absolute Gasteiger partial charge is 0.233 e. The van der Waals surface area contributed by atoms with Gasteiger partial charge < -0.3 is 9.64 Å². The second kappa shape index (κ2) is 8.43. The van der Waals surface area contributed by atoms with Gasteiger partial charge in [-0.3, -0.25) is 4.79 Å². The van der Waals surface area contributed by atoms with Gasteiger partial charge in [0.25, 0.3) is 0 Å². The second-order valence-corrected chi connectivity index (χ2v) is 7.54. The van der Waals surface area contributed by atoms with Gasteiger partial charge in [0.2, 0.25) is 5.91 Å². The molecule has 4 rings (SSSR count). The van der Waals surface area contributed by atoms with Gasteiger partial charge in [-0.15, -0.1) is 16.9 Å². The minimum atomic E-state index is -0.275. The molecule has 3 aromatic rings. The summed E-state index contributed by atoms with van der Waals surface area (Å²) in [6.07, 6.45) is 1.86. The summed E-state index contributed by atoms with van der Waals surface area (Å²) in [4.78, 5) is 14.9. The van der Waals surface area contributed by atoms with Crippen LogP contribution in [0.15, 0.2) is 65.7 Å². The Kier molecular flexibility index (Phi) is 5.57. The first kappa shape index (κ1) is 18.5. The third-order valence-electron chi connectivity index (χ3n) is 4.45. The standard InChI is InChI=1S/C20H19FN4O2S/c21-15-6-8-19(9-7-15)28-14-20(26)24-11-17(12-24)25-10-16(22-23-25)13-27-18-4-2-1-3-5-18/h1-10,17H,11-14H2. The normalized spacial score (nSPS) is 14.0. The Morgan fingerprint density at radius 3 is 2.64 bits per heavy atom. The van der Waals surface area contributed by atoms with Gasteiger partial charge in [-0.25, -0.2) is 9.07 Å². The highest BCUT2D eigenvalue weighted by molar-refractivity contribution is 8.00. The van der Waals surface area contributed by atoms with Crippen molar-refractivity contribution in [1.82, 2.24) is 19.9 Å². The third kappa shape index (κ3) is 4.51. The first-order valence-electron chi connectivity index (χ1n) is 8.92. The number of ether oxygens (including phenoxy) is 1. The summed E-state index contributed by atoms with van der Waals surface area (Å²) in [5.41, 5.74) is 0.750. The number of hydrogen-bond donors (Lipinski definition) is 0. The van der Waals surface area contributed by atoms with Crippen molar-refractivity contribution >= 4 is 17.7 Å². The summed E-state index contributed by atoms with van der Waals surface area (Å²) in [6, 6.07) is 15.9. The average Bonchev–Trinajstić information content (AvgIpc) is 3.14. The zero-order valence-corrected chi connectivity index (χ0v) is 15.9. The Balaban J connectivity index is 1.22. The molecule has 1 aromatic heterocycles. The Bertz CT molecular complexity index is 927. The van der Waals surface area contributed by atoms with Crippen LogP contribution in [-0.2, 0) is 11.4 Å². The Morgan fingerprint density at radius 2 is 1.89 bits per heavy atom. The minimum Gasteiger partial charge on any atom is -0.487 e. The summed E-state index contributed by atoms with van der Waals surface area (Å²) in [6.45, 7) is 1.59. The fourth-order valence-corrected chi connectivity index (χ4v) is 3.63. The van der Waals surface area contributed by atoms with E-state index in [4.69, 9.17) is 4.74 Å². The van der Waals surface area contributed by atoms with Crippen molar-refractivity contribution in [3.63, 3.8) is 0 Å². The highest BCUT2D eigenvalue weighted by Gasteiger charge is 2.32. The molecule has 0 atom stereocenters. The first-order chi connectivity index (χ1) is 13.7. The molecule has 0 aliphatic carbocycles. The average molecular weight is 398 g/mol. The molecule has 0 spiro atoms. The number of likely N-dealkylation sites (tertiary alicyclic amines) is 1. The molecule has 1 aliphatic rings. The van der Waals surface area contributed by atoms with Crippen LogP contribution in [-0.4, -0.2) is 44.6 Å². The van der Waals surface area contributed by atoms with Crippen LogP contribution < -0.4 is 4.74 Å². The summed E-state index contributed by atoms with van der Waals surface area (Å²) < 4.78 is 20.4. The van der Waals surface area contributed by atoms with Gasteiger partial charge in [0.15, 0.2) is 0 Å². The van der Waals surface area contributed by atoms with Gasteiger partial charge in [0.05, 0.1) is 18.0 Å². The van der Waals surface area contributed by atoms with Gasteiger partial charge in [-0.2, -0.15) is 0 Å². The molecule has 8 heteroatoms. The lowest BCUT2D eigenvalue weighted by atomic mass is 10.1. The number of nitrogens with zero attached hydrogens (tertiary/aromatic N) is 4. The van der Waals surface area contributed by atoms with E-state index in [1.54, 1.807) is 21.7 Å². The number of carbonyl (C=O) groups excluding carboxylic acids is 1. The third-order valence-corrected chi connectivity index (χ3v) is 5.45. The molecule has 1 aliphatic heterocycles. The van der Waals surface area contributed by atoms with Crippen LogP contribution in [0.1, 0.15) is 11.7 Å². The predicted octanol–water partition coefficient (Wildman–Crippen LogP) is 3.17. The van der Waals surface area contributed by atoms with Crippen molar-refractivity contribution in [2.45, 2.75) is 17.5 Å². The van der Waals surface area contributed by atoms with Crippen LogP contribution >= 0.6 is 11.8 Å². The summed E-state index contributed by atoms with van der Waals surface area (Å²) in [7, 11) is 0. The van der Waals surface area contributed by atoms with Gasteiger partial charge in [0.1, 0.15) is 23.9 Å². The molecular formula is C20H19FN4O2S. The molecule has 0 N–H and O–H groups in total. The number of para-hydroxylation sites is 1. The van der Waals surface area contributed by atoms with E-state index in [1.165, 1.54) is 23.9 Å². The van der Waals surface area contributed by atoms with E-state index < -0.39 is 0 Å². The number of benzene rings is 2. The predicted molar refractivity (Wildman–Crippen MR) is 104 cm³/mol. The van der Waals surface area contributed by atoms with Gasteiger partial charge in [0, 0.05) is 18.0 Å². The fraction of sp³-hybridized carbons (Fsp3) is 0.250. The second-order valence-electron chi connectivity index (χ2n) is 6.49. The van der Waals surface area contributed by atoms with Crippen LogP contribution in [0.4, 0.5) is 4.39 Å². The highest BCUT2D eigenvalue weighted by atomic mass is 32.2. The highest BCUT2D eigenvalue weighted by Crippen LogP contribution is 2.24. The molecule has 1 saturated heterocycles. The molecule has 0 unspecified atom stereocenters. The van der Waals surface area contributed by atoms with E-state index in [9.17, 15) is 9.18 Å². The number of amides is 1. The summed E-state index contributed by atoms with van der Waals surface area (Å²) in [5.74, 6) is 0.920. The van der Waals surface area contributed by atoms with E-state index in [1.807, 2.05) is 36.5 Å². The van der Waals surface area contributed by atoms with E-state index >= 15 is 0 Å². The van der Waals surface area contributed by atoms with Crippen LogP contribution in [0.5, 0.6) is 5.75 Å². The molecular weight excluding hydrogens is 379 g/mol. The molecule has 0 saturated carbocycles. The largest absolute Gasteiger partial charge is 0.487 e. The number of thioether (sulfide) groups is 1. The lowest BCUT2D eigenvalue weighted by Gasteiger charge is -2.38. The number of hydrogen-bond acceptors (Lipinski definition) is 5. The van der Waals surface area contributed by atoms with Crippen LogP contribution in [0, 0.1) is 5.82 Å². The zero-order valence-electron chi connectivity index (χ0n) is 15.1. The quantitative estimate of drug-likeness (QED) is 0.572. The Morgan fingerprint density at radius 1 is 1.14 bits per heavy atom. The van der Waals surface area contributed by atoms with Crippen molar-refractivity contribution < 1.29 is 13.9 Å². The molecule has 0 radical (unpaired) electrons. The molecule has 6 nitrogen and oxygen atoms in total. The summed E-state index contributed by atoms with van der Waals surface area (Å²) in [5, 5.41) is 8.29. The Labute approximate surface area is 166 Å². The van der Waals surface area contributed by atoms with Crippen molar-refractivity contribution in [3.8, 4) is 5.75 Å². The van der Waals surface area contributed by atoms with Gasteiger partial charge in [-0.05, 0) is 36.4 Å². The molecule has 0 bridgehead atoms. The molecule has 1 fully saturated rings. The van der Waals surface area contributed by atoms with E-state index in [0.717, 1.165) is 16.3 Å². The van der Waals surface area contributed by atoms with Gasteiger partial charge >= 0.3 is 0 Å². The number of carbonyl (C=O) groups is 1. The number of halogens is 1. The number of rotatable bonds is 7. The maximum atomic E-state index is 12.9. The molecule has 28 heavy (non-hydrogen) atoms. The van der Waals surface area contributed by atoms with Crippen molar-refractivity contribution in [2.24, 2.45) is 0 Å². The molecule has 144 valence electrons. The molecule has 2 heterocycles. The first-order valence-corrected chi connectivity index (χ1v) is 9.90. The fourth-order valence-electron chi connectivity index (χ4n) is 2.83. The van der Waals surface area contributed by atoms with E-state index in [2.05, 4.69) is 10.3 Å². The zero-order chi connectivity index (χ0) is 19.3. The maximum absolute atomic E-state index is 12.9.